The number of nitrogens with one attached hydrogen (secondary N) is 1. The number of carboxylic acids is 1. The Kier molecular flexibility index (Phi) is 4.45. The van der Waals surface area contributed by atoms with Gasteiger partial charge in [-0.2, -0.15) is 0 Å². The van der Waals surface area contributed by atoms with Gasteiger partial charge in [0.25, 0.3) is 0 Å². The van der Waals surface area contributed by atoms with Crippen LogP contribution in [0.3, 0.4) is 0 Å². The average Bonchev–Trinajstić information content (AvgIpc) is 2.92. The van der Waals surface area contributed by atoms with E-state index >= 15 is 0 Å². The first-order chi connectivity index (χ1) is 9.03. The van der Waals surface area contributed by atoms with Crippen LogP contribution in [0.4, 0.5) is 0 Å². The van der Waals surface area contributed by atoms with Crippen LogP contribution in [0.25, 0.3) is 0 Å². The molecule has 0 radical (unpaired) electrons. The molecule has 1 saturated carbocycles. The van der Waals surface area contributed by atoms with Crippen LogP contribution in [0.15, 0.2) is 0 Å². The quantitative estimate of drug-likeness (QED) is 0.809. The number of hydrogen-bond acceptors (Lipinski definition) is 3. The van der Waals surface area contributed by atoms with E-state index in [1.54, 1.807) is 0 Å². The van der Waals surface area contributed by atoms with E-state index in [2.05, 4.69) is 12.2 Å². The Hall–Kier alpha value is -1.10. The van der Waals surface area contributed by atoms with Gasteiger partial charge in [0.1, 0.15) is 0 Å². The molecule has 5 nitrogen and oxygen atoms in total. The summed E-state index contributed by atoms with van der Waals surface area (Å²) in [5.74, 6) is -0.348. The smallest absolute Gasteiger partial charge is 0.311 e. The molecule has 0 spiro atoms. The molecule has 0 aromatic carbocycles. The highest BCUT2D eigenvalue weighted by molar-refractivity contribution is 5.81. The van der Waals surface area contributed by atoms with E-state index < -0.39 is 11.4 Å². The molecule has 19 heavy (non-hydrogen) atoms. The fourth-order valence-corrected chi connectivity index (χ4v) is 2.92. The number of carbonyl (C=O) groups is 2. The Morgan fingerprint density at radius 2 is 2.00 bits per heavy atom. The predicted octanol–water partition coefficient (Wildman–Crippen LogP) is 1.42. The summed E-state index contributed by atoms with van der Waals surface area (Å²) >= 11 is 0. The van der Waals surface area contributed by atoms with Gasteiger partial charge in [0.15, 0.2) is 0 Å². The van der Waals surface area contributed by atoms with Crippen LogP contribution in [0, 0.1) is 17.3 Å². The van der Waals surface area contributed by atoms with Crippen molar-refractivity contribution >= 4 is 11.9 Å². The van der Waals surface area contributed by atoms with Gasteiger partial charge >= 0.3 is 5.97 Å². The normalized spacial score (nSPS) is 35.0. The largest absolute Gasteiger partial charge is 0.481 e. The number of carbonyl (C=O) groups excluding carboxylic acids is 1. The van der Waals surface area contributed by atoms with Crippen molar-refractivity contribution in [3.8, 4) is 0 Å². The monoisotopic (exact) mass is 269 g/mol. The van der Waals surface area contributed by atoms with E-state index in [-0.39, 0.29) is 18.4 Å². The van der Waals surface area contributed by atoms with Crippen LogP contribution in [0.5, 0.6) is 0 Å². The maximum atomic E-state index is 11.9. The molecule has 1 aliphatic carbocycles. The summed E-state index contributed by atoms with van der Waals surface area (Å²) < 4.78 is 5.18. The molecular formula is C14H23NO4. The van der Waals surface area contributed by atoms with Gasteiger partial charge in [-0.3, -0.25) is 9.59 Å². The SMILES string of the molecule is CC1CCC(CNC(=O)C2CCOC2)(C(=O)O)CC1. The van der Waals surface area contributed by atoms with Crippen LogP contribution >= 0.6 is 0 Å². The third-order valence-electron chi connectivity index (χ3n) is 4.59. The lowest BCUT2D eigenvalue weighted by atomic mass is 9.70. The number of amides is 1. The molecular weight excluding hydrogens is 246 g/mol. The van der Waals surface area contributed by atoms with Crippen molar-refractivity contribution in [2.75, 3.05) is 19.8 Å². The summed E-state index contributed by atoms with van der Waals surface area (Å²) in [4.78, 5) is 23.5. The molecule has 1 unspecified atom stereocenters. The molecule has 1 amide bonds. The fraction of sp³-hybridized carbons (Fsp3) is 0.857. The first-order valence-electron chi connectivity index (χ1n) is 7.12. The number of ether oxygens (including phenoxy) is 1. The average molecular weight is 269 g/mol. The maximum Gasteiger partial charge on any atom is 0.311 e. The summed E-state index contributed by atoms with van der Waals surface area (Å²) in [6, 6.07) is 0. The van der Waals surface area contributed by atoms with Crippen molar-refractivity contribution in [1.29, 1.82) is 0 Å². The standard InChI is InChI=1S/C14H23NO4/c1-10-2-5-14(6-3-10,13(17)18)9-15-12(16)11-4-7-19-8-11/h10-11H,2-9H2,1H3,(H,15,16)(H,17,18). The Labute approximate surface area is 113 Å². The number of aliphatic carboxylic acids is 1. The summed E-state index contributed by atoms with van der Waals surface area (Å²) in [6.07, 6.45) is 3.91. The first-order valence-corrected chi connectivity index (χ1v) is 7.12. The molecule has 5 heteroatoms. The van der Waals surface area contributed by atoms with Gasteiger partial charge in [-0.1, -0.05) is 6.92 Å². The van der Waals surface area contributed by atoms with Gasteiger partial charge in [0, 0.05) is 13.2 Å². The highest BCUT2D eigenvalue weighted by Gasteiger charge is 2.41. The lowest BCUT2D eigenvalue weighted by Crippen LogP contribution is -2.46. The Morgan fingerprint density at radius 1 is 1.32 bits per heavy atom. The van der Waals surface area contributed by atoms with Crippen LogP contribution < -0.4 is 5.32 Å². The summed E-state index contributed by atoms with van der Waals surface area (Å²) in [5.41, 5.74) is -0.762. The van der Waals surface area contributed by atoms with E-state index in [4.69, 9.17) is 4.74 Å². The van der Waals surface area contributed by atoms with E-state index in [9.17, 15) is 14.7 Å². The molecule has 0 aromatic heterocycles. The second-order valence-corrected chi connectivity index (χ2v) is 6.05. The van der Waals surface area contributed by atoms with E-state index in [0.717, 1.165) is 19.3 Å². The molecule has 1 aliphatic heterocycles. The van der Waals surface area contributed by atoms with Gasteiger partial charge in [-0.15, -0.1) is 0 Å². The van der Waals surface area contributed by atoms with E-state index in [1.165, 1.54) is 0 Å². The molecule has 2 rings (SSSR count). The Balaban J connectivity index is 1.90. The molecule has 1 heterocycles. The second-order valence-electron chi connectivity index (χ2n) is 6.05. The minimum absolute atomic E-state index is 0.0586. The third kappa shape index (κ3) is 3.26. The van der Waals surface area contributed by atoms with Gasteiger partial charge in [0.2, 0.25) is 5.91 Å². The molecule has 0 aromatic rings. The number of hydrogen-bond donors (Lipinski definition) is 2. The van der Waals surface area contributed by atoms with Crippen LogP contribution in [-0.4, -0.2) is 36.7 Å². The summed E-state index contributed by atoms with van der Waals surface area (Å²) in [6.45, 7) is 3.49. The van der Waals surface area contributed by atoms with Crippen molar-refractivity contribution in [2.45, 2.75) is 39.0 Å². The van der Waals surface area contributed by atoms with Gasteiger partial charge in [-0.05, 0) is 38.0 Å². The zero-order valence-electron chi connectivity index (χ0n) is 11.5. The molecule has 1 saturated heterocycles. The topological polar surface area (TPSA) is 75.6 Å². The minimum atomic E-state index is -0.776. The molecule has 2 N–H and O–H groups in total. The number of carboxylic acid groups (broad SMARTS) is 1. The molecule has 108 valence electrons. The highest BCUT2D eigenvalue weighted by atomic mass is 16.5. The fourth-order valence-electron chi connectivity index (χ4n) is 2.92. The zero-order chi connectivity index (χ0) is 13.9. The molecule has 2 aliphatic rings. The summed E-state index contributed by atoms with van der Waals surface area (Å²) in [5, 5.41) is 12.3. The van der Waals surface area contributed by atoms with Gasteiger partial charge in [0.05, 0.1) is 17.9 Å². The van der Waals surface area contributed by atoms with Crippen molar-refractivity contribution in [1.82, 2.24) is 5.32 Å². The lowest BCUT2D eigenvalue weighted by Gasteiger charge is -2.36. The highest BCUT2D eigenvalue weighted by Crippen LogP contribution is 2.38. The number of rotatable bonds is 4. The van der Waals surface area contributed by atoms with E-state index in [1.807, 2.05) is 0 Å². The minimum Gasteiger partial charge on any atom is -0.481 e. The van der Waals surface area contributed by atoms with Crippen molar-refractivity contribution in [3.63, 3.8) is 0 Å². The van der Waals surface area contributed by atoms with E-state index in [0.29, 0.717) is 32.0 Å². The third-order valence-corrected chi connectivity index (χ3v) is 4.59. The van der Waals surface area contributed by atoms with Gasteiger partial charge in [-0.25, -0.2) is 0 Å². The Morgan fingerprint density at radius 3 is 2.53 bits per heavy atom. The van der Waals surface area contributed by atoms with Crippen LogP contribution in [0.2, 0.25) is 0 Å². The summed E-state index contributed by atoms with van der Waals surface area (Å²) in [7, 11) is 0. The second kappa shape index (κ2) is 5.90. The molecule has 1 atom stereocenters. The molecule has 2 fully saturated rings. The Bertz CT molecular complexity index is 341. The van der Waals surface area contributed by atoms with Crippen LogP contribution in [-0.2, 0) is 14.3 Å². The maximum absolute atomic E-state index is 11.9. The van der Waals surface area contributed by atoms with Crippen molar-refractivity contribution < 1.29 is 19.4 Å². The molecule has 0 bridgehead atoms. The zero-order valence-corrected chi connectivity index (χ0v) is 11.5. The lowest BCUT2D eigenvalue weighted by molar-refractivity contribution is -0.151. The van der Waals surface area contributed by atoms with Crippen LogP contribution in [0.1, 0.15) is 39.0 Å². The predicted molar refractivity (Wildman–Crippen MR) is 69.6 cm³/mol. The van der Waals surface area contributed by atoms with Crippen molar-refractivity contribution in [2.24, 2.45) is 17.3 Å². The van der Waals surface area contributed by atoms with Gasteiger partial charge < -0.3 is 15.2 Å². The first kappa shape index (κ1) is 14.3. The van der Waals surface area contributed by atoms with Crippen molar-refractivity contribution in [3.05, 3.63) is 0 Å².